The van der Waals surface area contributed by atoms with Crippen molar-refractivity contribution in [3.8, 4) is 22.3 Å². The average molecular weight is 1180 g/mol. The van der Waals surface area contributed by atoms with Crippen LogP contribution in [0.1, 0.15) is 63.8 Å². The number of ether oxygens (including phenoxy) is 2. The summed E-state index contributed by atoms with van der Waals surface area (Å²) in [4.78, 5) is 14.8. The molecule has 0 aliphatic heterocycles. The van der Waals surface area contributed by atoms with Gasteiger partial charge < -0.3 is 0 Å². The molecule has 6 aromatic rings. The molecular weight excluding hydrogens is 1100 g/mol. The van der Waals surface area contributed by atoms with Gasteiger partial charge in [-0.2, -0.15) is 0 Å². The second-order valence-corrected chi connectivity index (χ2v) is 59.9. The van der Waals surface area contributed by atoms with Crippen molar-refractivity contribution in [2.75, 3.05) is 0 Å². The summed E-state index contributed by atoms with van der Waals surface area (Å²) >= 11 is -4.46. The Morgan fingerprint density at radius 3 is 0.886 bits per heavy atom. The van der Waals surface area contributed by atoms with Gasteiger partial charge in [0, 0.05) is 0 Å². The molecule has 70 heavy (non-hydrogen) atoms. The molecule has 0 N–H and O–H groups in total. The van der Waals surface area contributed by atoms with Crippen LogP contribution in [0, 0.1) is 0 Å². The molecule has 0 amide bonds. The average Bonchev–Trinajstić information content (AvgIpc) is 3.39. The van der Waals surface area contributed by atoms with E-state index in [0.29, 0.717) is 13.2 Å². The molecule has 6 aromatic carbocycles. The van der Waals surface area contributed by atoms with E-state index in [4.69, 9.17) is 18.3 Å². The fraction of sp³-hybridized carbons (Fsp3) is 0.355. The van der Waals surface area contributed by atoms with Gasteiger partial charge in [-0.15, -0.1) is 0 Å². The molecule has 4 nitrogen and oxygen atoms in total. The third-order valence-electron chi connectivity index (χ3n) is 15.3. The molecule has 0 radical (unpaired) electrons. The van der Waals surface area contributed by atoms with Gasteiger partial charge in [0.2, 0.25) is 0 Å². The zero-order valence-electron chi connectivity index (χ0n) is 44.5. The summed E-state index contributed by atoms with van der Waals surface area (Å²) in [6, 6.07) is 63.7. The van der Waals surface area contributed by atoms with Gasteiger partial charge in [0.15, 0.2) is 0 Å². The Morgan fingerprint density at radius 1 is 0.357 bits per heavy atom. The summed E-state index contributed by atoms with van der Waals surface area (Å²) in [7, 11) is -4.85. The smallest absolute Gasteiger partial charge is 0.0622 e. The minimum atomic E-state index is -2.43. The molecule has 0 bridgehead atoms. The van der Waals surface area contributed by atoms with Gasteiger partial charge in [-0.1, -0.05) is 102 Å². The van der Waals surface area contributed by atoms with Crippen LogP contribution in [0.5, 0.6) is 0 Å². The Labute approximate surface area is 433 Å². The zero-order valence-corrected chi connectivity index (χ0v) is 52.2. The summed E-state index contributed by atoms with van der Waals surface area (Å²) in [5.74, 6) is 1.48. The van der Waals surface area contributed by atoms with Crippen LogP contribution in [0.3, 0.4) is 0 Å². The first-order valence-electron chi connectivity index (χ1n) is 26.1. The van der Waals surface area contributed by atoms with Crippen LogP contribution in [-0.2, 0) is 42.7 Å². The van der Waals surface area contributed by atoms with Crippen molar-refractivity contribution in [1.29, 1.82) is 0 Å². The topological polar surface area (TPSA) is 36.9 Å². The Bertz CT molecular complexity index is 2460. The van der Waals surface area contributed by atoms with E-state index >= 15 is 0 Å². The van der Waals surface area contributed by atoms with Gasteiger partial charge in [0.05, 0.1) is 0 Å². The molecule has 0 heterocycles. The normalized spacial score (nSPS) is 17.7. The number of hydrogen-bond acceptors (Lipinski definition) is 4. The summed E-state index contributed by atoms with van der Waals surface area (Å²) in [6.45, 7) is 14.6. The second kappa shape index (κ2) is 23.1. The summed E-state index contributed by atoms with van der Waals surface area (Å²) in [5.41, 5.74) is 6.74. The number of hydrogen-bond donors (Lipinski definition) is 0. The van der Waals surface area contributed by atoms with Crippen LogP contribution in [-0.4, -0.2) is 53.4 Å². The molecule has 2 unspecified atom stereocenters. The van der Waals surface area contributed by atoms with E-state index in [-0.39, 0.29) is 0 Å². The number of rotatable bonds is 22. The predicted octanol–water partition coefficient (Wildman–Crippen LogP) is 16.5. The van der Waals surface area contributed by atoms with Gasteiger partial charge >= 0.3 is 323 Å². The molecule has 0 fully saturated rings. The van der Waals surface area contributed by atoms with Gasteiger partial charge in [-0.3, -0.25) is 0 Å². The van der Waals surface area contributed by atoms with Crippen molar-refractivity contribution in [2.45, 2.75) is 132 Å². The Kier molecular flexibility index (Phi) is 17.8. The van der Waals surface area contributed by atoms with E-state index in [9.17, 15) is 0 Å². The van der Waals surface area contributed by atoms with Crippen LogP contribution < -0.4 is 7.16 Å². The minimum absolute atomic E-state index is 0.371. The van der Waals surface area contributed by atoms with Crippen LogP contribution >= 0.6 is 0 Å². The second-order valence-electron chi connectivity index (χ2n) is 21.5. The molecule has 8 heteroatoms. The van der Waals surface area contributed by atoms with Crippen molar-refractivity contribution >= 4 is 60.5 Å². The fourth-order valence-corrected chi connectivity index (χ4v) is 22.4. The van der Waals surface area contributed by atoms with E-state index in [1.807, 2.05) is 0 Å². The van der Waals surface area contributed by atoms with Crippen molar-refractivity contribution < 1.29 is 18.3 Å². The minimum Gasteiger partial charge on any atom is -0.0622 e. The standard InChI is InChI=1S/C56H62O4Si2.6CH3.2Sn/c1-7-61(8-2,9-3)59-55(51-37-33-49(34-38-51)47-29-21-15-22-30-47)41-54(58-44-46-27-19-14-20-28-46)56(60-62(10-4,11-5)12-6,42-53(55)57-43-45-25-17-13-18-26-45)52-39-35-50(36-40-52)48-31-23-16-24-32-48;;;;;;;;/h13-14,17-42H,7-12,43-44H2,1-6H3;6*1H3;;. The molecule has 368 valence electrons. The van der Waals surface area contributed by atoms with E-state index in [1.165, 1.54) is 29.4 Å². The molecule has 0 saturated carbocycles. The quantitative estimate of drug-likeness (QED) is 0.0635. The molecule has 7 rings (SSSR count). The van der Waals surface area contributed by atoms with Gasteiger partial charge in [-0.05, 0) is 11.1 Å². The molecule has 0 saturated heterocycles. The van der Waals surface area contributed by atoms with E-state index < -0.39 is 64.6 Å². The summed E-state index contributed by atoms with van der Waals surface area (Å²) in [5, 5.41) is 0. The molecular formula is C62H80O4Si2Sn2. The molecule has 0 spiro atoms. The molecule has 1 aliphatic rings. The zero-order chi connectivity index (χ0) is 50.2. The first-order chi connectivity index (χ1) is 33.5. The van der Waals surface area contributed by atoms with Crippen LogP contribution in [0.15, 0.2) is 181 Å². The summed E-state index contributed by atoms with van der Waals surface area (Å²) < 4.78 is 34.1. The Morgan fingerprint density at radius 2 is 0.629 bits per heavy atom. The van der Waals surface area contributed by atoms with Crippen molar-refractivity contribution in [2.24, 2.45) is 0 Å². The van der Waals surface area contributed by atoms with Crippen LogP contribution in [0.2, 0.25) is 65.9 Å². The van der Waals surface area contributed by atoms with Crippen LogP contribution in [0.25, 0.3) is 22.3 Å². The fourth-order valence-electron chi connectivity index (χ4n) is 9.98. The summed E-state index contributed by atoms with van der Waals surface area (Å²) in [6.07, 6.45) is 4.59. The van der Waals surface area contributed by atoms with Gasteiger partial charge in [0.25, 0.3) is 0 Å². The van der Waals surface area contributed by atoms with Gasteiger partial charge in [-0.25, -0.2) is 0 Å². The monoisotopic (exact) mass is 1180 g/mol. The van der Waals surface area contributed by atoms with Crippen molar-refractivity contribution in [3.05, 3.63) is 204 Å². The molecule has 0 aromatic heterocycles. The van der Waals surface area contributed by atoms with E-state index in [2.05, 4.69) is 241 Å². The third-order valence-corrected chi connectivity index (χ3v) is 36.3. The van der Waals surface area contributed by atoms with Crippen molar-refractivity contribution in [3.63, 3.8) is 0 Å². The first-order valence-corrected chi connectivity index (χ1v) is 51.2. The number of benzene rings is 6. The maximum atomic E-state index is 8.09. The maximum absolute atomic E-state index is 8.09. The first kappa shape index (κ1) is 54.1. The van der Waals surface area contributed by atoms with E-state index in [1.54, 1.807) is 0 Å². The predicted molar refractivity (Wildman–Crippen MR) is 308 cm³/mol. The molecule has 1 aliphatic carbocycles. The van der Waals surface area contributed by atoms with Crippen LogP contribution in [0.4, 0.5) is 0 Å². The Hall–Kier alpha value is -3.65. The SMILES string of the molecule is CC[Si](CC)(CC)OC1(c2ccc(-c3cc[c]([Sn]([CH3])([CH3])[CH3])cc3)cc2)C=C(OCc2ccccc2)C(O[Si](CC)(CC)CC)(c2ccc(-c3cc[c]([Sn]([CH3])([CH3])[CH3])cc3)cc2)C=C1OCc1ccccc1. The van der Waals surface area contributed by atoms with E-state index in [0.717, 1.165) is 70.0 Å². The Balaban J connectivity index is 1.51. The molecule has 2 atom stereocenters. The van der Waals surface area contributed by atoms with Crippen molar-refractivity contribution in [1.82, 2.24) is 0 Å². The third kappa shape index (κ3) is 12.1. The van der Waals surface area contributed by atoms with Gasteiger partial charge in [0.1, 0.15) is 0 Å².